The number of hydrogen-bond donors (Lipinski definition) is 1. The van der Waals surface area contributed by atoms with E-state index in [4.69, 9.17) is 14.2 Å². The predicted octanol–water partition coefficient (Wildman–Crippen LogP) is 3.24. The number of carbonyl (C=O) groups excluding carboxylic acids is 1. The highest BCUT2D eigenvalue weighted by atomic mass is 16.5. The molecule has 1 amide bonds. The van der Waals surface area contributed by atoms with Crippen LogP contribution in [0.15, 0.2) is 42.5 Å². The molecular weight excluding hydrogens is 368 g/mol. The van der Waals surface area contributed by atoms with Crippen LogP contribution in [0.25, 0.3) is 0 Å². The van der Waals surface area contributed by atoms with Gasteiger partial charge in [-0.15, -0.1) is 0 Å². The van der Waals surface area contributed by atoms with Gasteiger partial charge in [-0.25, -0.2) is 0 Å². The lowest BCUT2D eigenvalue weighted by atomic mass is 9.95. The minimum atomic E-state index is 0.0593. The number of rotatable bonds is 8. The van der Waals surface area contributed by atoms with Crippen molar-refractivity contribution in [3.8, 4) is 17.2 Å². The molecule has 3 rings (SSSR count). The summed E-state index contributed by atoms with van der Waals surface area (Å²) < 4.78 is 16.1. The molecule has 1 aliphatic rings. The van der Waals surface area contributed by atoms with Gasteiger partial charge in [0.25, 0.3) is 0 Å². The molecule has 1 heterocycles. The summed E-state index contributed by atoms with van der Waals surface area (Å²) in [6, 6.07) is 14.2. The Balaban J connectivity index is 1.51. The molecule has 29 heavy (non-hydrogen) atoms. The zero-order valence-electron chi connectivity index (χ0n) is 17.4. The first-order chi connectivity index (χ1) is 14.1. The molecule has 0 aliphatic carbocycles. The number of ether oxygens (including phenoxy) is 3. The van der Waals surface area contributed by atoms with Gasteiger partial charge in [-0.05, 0) is 49.2 Å². The van der Waals surface area contributed by atoms with Gasteiger partial charge in [0.05, 0.1) is 21.3 Å². The zero-order valence-corrected chi connectivity index (χ0v) is 17.4. The Labute approximate surface area is 172 Å². The Morgan fingerprint density at radius 2 is 1.59 bits per heavy atom. The third-order valence-corrected chi connectivity index (χ3v) is 5.40. The molecule has 6 heteroatoms. The fourth-order valence-corrected chi connectivity index (χ4v) is 3.77. The van der Waals surface area contributed by atoms with Gasteiger partial charge in [-0.3, -0.25) is 9.69 Å². The van der Waals surface area contributed by atoms with Gasteiger partial charge in [0.1, 0.15) is 0 Å². The summed E-state index contributed by atoms with van der Waals surface area (Å²) in [5, 5.41) is 3.06. The molecule has 1 saturated heterocycles. The number of likely N-dealkylation sites (tertiary alicyclic amines) is 1. The Bertz CT molecular complexity index is 777. The number of benzene rings is 2. The molecule has 1 fully saturated rings. The minimum Gasteiger partial charge on any atom is -0.493 e. The monoisotopic (exact) mass is 398 g/mol. The molecule has 0 atom stereocenters. The van der Waals surface area contributed by atoms with Gasteiger partial charge in [0.15, 0.2) is 11.5 Å². The van der Waals surface area contributed by atoms with Crippen molar-refractivity contribution in [3.63, 3.8) is 0 Å². The van der Waals surface area contributed by atoms with Crippen LogP contribution in [0.5, 0.6) is 17.2 Å². The van der Waals surface area contributed by atoms with Crippen molar-refractivity contribution < 1.29 is 19.0 Å². The van der Waals surface area contributed by atoms with E-state index in [1.54, 1.807) is 21.3 Å². The Hall–Kier alpha value is -2.73. The second-order valence-corrected chi connectivity index (χ2v) is 7.29. The van der Waals surface area contributed by atoms with E-state index >= 15 is 0 Å². The molecule has 2 aromatic rings. The lowest BCUT2D eigenvalue weighted by molar-refractivity contribution is -0.126. The van der Waals surface area contributed by atoms with Crippen molar-refractivity contribution >= 4 is 5.91 Å². The quantitative estimate of drug-likeness (QED) is 0.740. The first kappa shape index (κ1) is 21.0. The van der Waals surface area contributed by atoms with Gasteiger partial charge in [-0.1, -0.05) is 30.3 Å². The molecule has 1 N–H and O–H groups in total. The van der Waals surface area contributed by atoms with E-state index in [0.29, 0.717) is 23.8 Å². The number of hydrogen-bond acceptors (Lipinski definition) is 5. The van der Waals surface area contributed by atoms with E-state index in [9.17, 15) is 4.79 Å². The topological polar surface area (TPSA) is 60.0 Å². The third kappa shape index (κ3) is 5.41. The van der Waals surface area contributed by atoms with Crippen molar-refractivity contribution in [2.24, 2.45) is 5.92 Å². The average molecular weight is 399 g/mol. The van der Waals surface area contributed by atoms with Crippen molar-refractivity contribution in [3.05, 3.63) is 53.6 Å². The van der Waals surface area contributed by atoms with Crippen LogP contribution in [0, 0.1) is 5.92 Å². The van der Waals surface area contributed by atoms with Gasteiger partial charge in [0, 0.05) is 19.0 Å². The van der Waals surface area contributed by atoms with Gasteiger partial charge in [0.2, 0.25) is 11.7 Å². The van der Waals surface area contributed by atoms with Crippen LogP contribution in [0.2, 0.25) is 0 Å². The number of piperidine rings is 1. The van der Waals surface area contributed by atoms with Gasteiger partial charge in [-0.2, -0.15) is 0 Å². The van der Waals surface area contributed by atoms with Crippen molar-refractivity contribution in [1.29, 1.82) is 0 Å². The molecule has 156 valence electrons. The molecular formula is C23H30N2O4. The normalized spacial score (nSPS) is 15.0. The van der Waals surface area contributed by atoms with E-state index in [1.165, 1.54) is 5.56 Å². The average Bonchev–Trinajstić information content (AvgIpc) is 2.77. The van der Waals surface area contributed by atoms with Crippen LogP contribution in [0.3, 0.4) is 0 Å². The smallest absolute Gasteiger partial charge is 0.223 e. The number of nitrogens with zero attached hydrogens (tertiary/aromatic N) is 1. The lowest BCUT2D eigenvalue weighted by Gasteiger charge is -2.31. The fraction of sp³-hybridized carbons (Fsp3) is 0.435. The van der Waals surface area contributed by atoms with Gasteiger partial charge >= 0.3 is 0 Å². The Kier molecular flexibility index (Phi) is 7.36. The molecule has 1 aliphatic heterocycles. The molecule has 0 spiro atoms. The van der Waals surface area contributed by atoms with Crippen molar-refractivity contribution in [1.82, 2.24) is 10.2 Å². The SMILES string of the molecule is COc1cc(CNC(=O)C2CCN(Cc3ccccc3)CC2)cc(OC)c1OC. The summed E-state index contributed by atoms with van der Waals surface area (Å²) in [5.74, 6) is 1.90. The second-order valence-electron chi connectivity index (χ2n) is 7.29. The number of carbonyl (C=O) groups is 1. The van der Waals surface area contributed by atoms with Crippen LogP contribution in [0.1, 0.15) is 24.0 Å². The third-order valence-electron chi connectivity index (χ3n) is 5.40. The first-order valence-corrected chi connectivity index (χ1v) is 9.97. The van der Waals surface area contributed by atoms with Crippen molar-refractivity contribution in [2.75, 3.05) is 34.4 Å². The Morgan fingerprint density at radius 1 is 0.966 bits per heavy atom. The fourth-order valence-electron chi connectivity index (χ4n) is 3.77. The predicted molar refractivity (Wildman–Crippen MR) is 112 cm³/mol. The summed E-state index contributed by atoms with van der Waals surface area (Å²) >= 11 is 0. The molecule has 0 bridgehead atoms. The molecule has 0 aromatic heterocycles. The van der Waals surface area contributed by atoms with Gasteiger partial charge < -0.3 is 19.5 Å². The largest absolute Gasteiger partial charge is 0.493 e. The molecule has 6 nitrogen and oxygen atoms in total. The van der Waals surface area contributed by atoms with E-state index in [1.807, 2.05) is 18.2 Å². The highest BCUT2D eigenvalue weighted by Crippen LogP contribution is 2.38. The zero-order chi connectivity index (χ0) is 20.6. The summed E-state index contributed by atoms with van der Waals surface area (Å²) in [5.41, 5.74) is 2.23. The number of methoxy groups -OCH3 is 3. The maximum Gasteiger partial charge on any atom is 0.223 e. The molecule has 0 radical (unpaired) electrons. The van der Waals surface area contributed by atoms with Crippen LogP contribution >= 0.6 is 0 Å². The second kappa shape index (κ2) is 10.2. The van der Waals surface area contributed by atoms with Crippen molar-refractivity contribution in [2.45, 2.75) is 25.9 Å². The number of amides is 1. The summed E-state index contributed by atoms with van der Waals surface area (Å²) in [7, 11) is 4.75. The summed E-state index contributed by atoms with van der Waals surface area (Å²) in [6.07, 6.45) is 1.77. The molecule has 0 saturated carbocycles. The Morgan fingerprint density at radius 3 is 2.14 bits per heavy atom. The summed E-state index contributed by atoms with van der Waals surface area (Å²) in [6.45, 7) is 3.26. The first-order valence-electron chi connectivity index (χ1n) is 9.97. The highest BCUT2D eigenvalue weighted by Gasteiger charge is 2.25. The maximum absolute atomic E-state index is 12.7. The van der Waals surface area contributed by atoms with E-state index < -0.39 is 0 Å². The standard InChI is InChI=1S/C23H30N2O4/c1-27-20-13-18(14-21(28-2)22(20)29-3)15-24-23(26)19-9-11-25(12-10-19)16-17-7-5-4-6-8-17/h4-8,13-14,19H,9-12,15-16H2,1-3H3,(H,24,26). The maximum atomic E-state index is 12.7. The van der Waals surface area contributed by atoms with E-state index in [-0.39, 0.29) is 11.8 Å². The molecule has 0 unspecified atom stereocenters. The lowest BCUT2D eigenvalue weighted by Crippen LogP contribution is -2.40. The van der Waals surface area contributed by atoms with Crippen LogP contribution in [0.4, 0.5) is 0 Å². The van der Waals surface area contributed by atoms with E-state index in [0.717, 1.165) is 38.0 Å². The number of nitrogens with one attached hydrogen (secondary N) is 1. The summed E-state index contributed by atoms with van der Waals surface area (Å²) in [4.78, 5) is 15.1. The van der Waals surface area contributed by atoms with Crippen LogP contribution in [-0.2, 0) is 17.9 Å². The minimum absolute atomic E-state index is 0.0593. The van der Waals surface area contributed by atoms with E-state index in [2.05, 4.69) is 34.5 Å². The highest BCUT2D eigenvalue weighted by molar-refractivity contribution is 5.78. The van der Waals surface area contributed by atoms with Crippen LogP contribution < -0.4 is 19.5 Å². The molecule has 2 aromatic carbocycles. The van der Waals surface area contributed by atoms with Crippen LogP contribution in [-0.4, -0.2) is 45.2 Å².